The van der Waals surface area contributed by atoms with Gasteiger partial charge in [0.25, 0.3) is 0 Å². The first-order chi connectivity index (χ1) is 10.8. The molecule has 7 heteroatoms. The van der Waals surface area contributed by atoms with Gasteiger partial charge in [-0.1, -0.05) is 0 Å². The van der Waals surface area contributed by atoms with Gasteiger partial charge >= 0.3 is 0 Å². The highest BCUT2D eigenvalue weighted by Crippen LogP contribution is 2.24. The molecule has 0 saturated carbocycles. The van der Waals surface area contributed by atoms with E-state index in [2.05, 4.69) is 27.4 Å². The summed E-state index contributed by atoms with van der Waals surface area (Å²) < 4.78 is 14.9. The molecule has 0 aliphatic carbocycles. The van der Waals surface area contributed by atoms with Crippen molar-refractivity contribution >= 4 is 16.5 Å². The van der Waals surface area contributed by atoms with Crippen LogP contribution in [0.5, 0.6) is 0 Å². The number of halogens is 1. The van der Waals surface area contributed by atoms with Crippen LogP contribution in [0.3, 0.4) is 0 Å². The monoisotopic (exact) mass is 317 g/mol. The highest BCUT2D eigenvalue weighted by atomic mass is 32.1. The Morgan fingerprint density at radius 1 is 1.27 bits per heavy atom. The number of hydrogen-bond donors (Lipinski definition) is 1. The van der Waals surface area contributed by atoms with Crippen LogP contribution in [0.4, 0.5) is 9.52 Å². The minimum atomic E-state index is -0.239. The number of aryl methyl sites for hydroxylation is 1. The third kappa shape index (κ3) is 3.30. The molecule has 3 aromatic rings. The highest BCUT2D eigenvalue weighted by molar-refractivity contribution is 7.14. The average Bonchev–Trinajstić information content (AvgIpc) is 3.17. The second-order valence-corrected chi connectivity index (χ2v) is 5.61. The molecule has 5 nitrogen and oxygen atoms in total. The van der Waals surface area contributed by atoms with Crippen molar-refractivity contribution in [3.8, 4) is 11.3 Å². The van der Waals surface area contributed by atoms with Crippen LogP contribution in [0.1, 0.15) is 12.7 Å². The van der Waals surface area contributed by atoms with Gasteiger partial charge in [0.1, 0.15) is 18.0 Å². The molecule has 22 heavy (non-hydrogen) atoms. The van der Waals surface area contributed by atoms with Crippen molar-refractivity contribution in [3.63, 3.8) is 0 Å². The fourth-order valence-electron chi connectivity index (χ4n) is 2.13. The fraction of sp³-hybridized carbons (Fsp3) is 0.267. The maximum Gasteiger partial charge on any atom is 0.183 e. The van der Waals surface area contributed by atoms with Crippen LogP contribution < -0.4 is 5.32 Å². The van der Waals surface area contributed by atoms with Crippen molar-refractivity contribution in [2.75, 3.05) is 11.9 Å². The number of nitrogens with one attached hydrogen (secondary N) is 1. The Hall–Kier alpha value is -2.28. The lowest BCUT2D eigenvalue weighted by atomic mass is 10.2. The van der Waals surface area contributed by atoms with Gasteiger partial charge < -0.3 is 9.88 Å². The van der Waals surface area contributed by atoms with Crippen LogP contribution in [0, 0.1) is 5.82 Å². The van der Waals surface area contributed by atoms with Crippen LogP contribution in [0.25, 0.3) is 11.3 Å². The molecule has 1 aromatic carbocycles. The summed E-state index contributed by atoms with van der Waals surface area (Å²) in [7, 11) is 0. The topological polar surface area (TPSA) is 55.6 Å². The predicted octanol–water partition coefficient (Wildman–Crippen LogP) is 3.22. The summed E-state index contributed by atoms with van der Waals surface area (Å²) >= 11 is 1.54. The third-order valence-corrected chi connectivity index (χ3v) is 4.11. The van der Waals surface area contributed by atoms with E-state index in [1.807, 2.05) is 9.95 Å². The lowest BCUT2D eigenvalue weighted by Crippen LogP contribution is -2.09. The summed E-state index contributed by atoms with van der Waals surface area (Å²) in [5.41, 5.74) is 1.76. The first-order valence-electron chi connectivity index (χ1n) is 7.08. The molecular formula is C15H16FN5S. The van der Waals surface area contributed by atoms with E-state index in [-0.39, 0.29) is 5.82 Å². The van der Waals surface area contributed by atoms with Gasteiger partial charge in [0.2, 0.25) is 0 Å². The SMILES string of the molecule is CCn1cnnc1CCNc1nc(-c2ccc(F)cc2)cs1. The second kappa shape index (κ2) is 6.65. The van der Waals surface area contributed by atoms with Crippen LogP contribution >= 0.6 is 11.3 Å². The van der Waals surface area contributed by atoms with E-state index in [1.165, 1.54) is 23.5 Å². The van der Waals surface area contributed by atoms with Gasteiger partial charge in [-0.05, 0) is 31.2 Å². The van der Waals surface area contributed by atoms with E-state index in [9.17, 15) is 4.39 Å². The van der Waals surface area contributed by atoms with E-state index < -0.39 is 0 Å². The first kappa shape index (κ1) is 14.6. The van der Waals surface area contributed by atoms with E-state index in [0.29, 0.717) is 0 Å². The maximum atomic E-state index is 12.9. The van der Waals surface area contributed by atoms with Crippen molar-refractivity contribution in [2.45, 2.75) is 19.9 Å². The van der Waals surface area contributed by atoms with Crippen LogP contribution in [-0.4, -0.2) is 26.3 Å². The fourth-order valence-corrected chi connectivity index (χ4v) is 2.87. The van der Waals surface area contributed by atoms with Gasteiger partial charge in [0, 0.05) is 30.5 Å². The standard InChI is InChI=1S/C15H16FN5S/c1-2-21-10-18-20-14(21)7-8-17-15-19-13(9-22-15)11-3-5-12(16)6-4-11/h3-6,9-10H,2,7-8H2,1H3,(H,17,19). The molecule has 0 bridgehead atoms. The summed E-state index contributed by atoms with van der Waals surface area (Å²) in [4.78, 5) is 4.51. The number of anilines is 1. The van der Waals surface area contributed by atoms with E-state index in [4.69, 9.17) is 0 Å². The molecule has 3 rings (SSSR count). The zero-order chi connectivity index (χ0) is 15.4. The molecule has 0 spiro atoms. The Labute approximate surface area is 131 Å². The lowest BCUT2D eigenvalue weighted by molar-refractivity contribution is 0.628. The van der Waals surface area contributed by atoms with Gasteiger partial charge in [-0.15, -0.1) is 21.5 Å². The molecule has 0 fully saturated rings. The molecule has 0 aliphatic rings. The van der Waals surface area contributed by atoms with E-state index in [1.54, 1.807) is 18.5 Å². The quantitative estimate of drug-likeness (QED) is 0.758. The van der Waals surface area contributed by atoms with Gasteiger partial charge in [-0.3, -0.25) is 0 Å². The number of thiazole rings is 1. The third-order valence-electron chi connectivity index (χ3n) is 3.31. The van der Waals surface area contributed by atoms with Crippen LogP contribution in [-0.2, 0) is 13.0 Å². The number of rotatable bonds is 6. The van der Waals surface area contributed by atoms with Gasteiger partial charge in [0.05, 0.1) is 5.69 Å². The number of hydrogen-bond acceptors (Lipinski definition) is 5. The number of nitrogens with zero attached hydrogens (tertiary/aromatic N) is 4. The summed E-state index contributed by atoms with van der Waals surface area (Å²) in [6.45, 7) is 3.68. The van der Waals surface area contributed by atoms with Crippen molar-refractivity contribution in [1.82, 2.24) is 19.7 Å². The van der Waals surface area contributed by atoms with Gasteiger partial charge in [-0.2, -0.15) is 0 Å². The van der Waals surface area contributed by atoms with E-state index in [0.717, 1.165) is 41.7 Å². The molecule has 0 unspecified atom stereocenters. The minimum absolute atomic E-state index is 0.239. The average molecular weight is 317 g/mol. The smallest absolute Gasteiger partial charge is 0.183 e. The molecule has 114 valence electrons. The Balaban J connectivity index is 1.59. The molecule has 2 aromatic heterocycles. The molecule has 0 saturated heterocycles. The summed E-state index contributed by atoms with van der Waals surface area (Å²) in [5, 5.41) is 14.1. The summed E-state index contributed by atoms with van der Waals surface area (Å²) in [5.74, 6) is 0.725. The molecule has 0 radical (unpaired) electrons. The minimum Gasteiger partial charge on any atom is -0.361 e. The maximum absolute atomic E-state index is 12.9. The van der Waals surface area contributed by atoms with Crippen molar-refractivity contribution in [3.05, 3.63) is 47.6 Å². The Bertz CT molecular complexity index is 734. The van der Waals surface area contributed by atoms with Gasteiger partial charge in [0.15, 0.2) is 5.13 Å². The normalized spacial score (nSPS) is 10.8. The van der Waals surface area contributed by atoms with Crippen LogP contribution in [0.15, 0.2) is 36.0 Å². The molecule has 0 aliphatic heterocycles. The van der Waals surface area contributed by atoms with Crippen LogP contribution in [0.2, 0.25) is 0 Å². The van der Waals surface area contributed by atoms with Gasteiger partial charge in [-0.25, -0.2) is 9.37 Å². The molecule has 1 N–H and O–H groups in total. The van der Waals surface area contributed by atoms with Crippen molar-refractivity contribution < 1.29 is 4.39 Å². The molecule has 0 atom stereocenters. The molecule has 2 heterocycles. The second-order valence-electron chi connectivity index (χ2n) is 4.75. The zero-order valence-corrected chi connectivity index (χ0v) is 13.0. The van der Waals surface area contributed by atoms with E-state index >= 15 is 0 Å². The number of aromatic nitrogens is 4. The summed E-state index contributed by atoms with van der Waals surface area (Å²) in [6.07, 6.45) is 2.53. The van der Waals surface area contributed by atoms with Crippen molar-refractivity contribution in [2.24, 2.45) is 0 Å². The first-order valence-corrected chi connectivity index (χ1v) is 7.96. The predicted molar refractivity (Wildman–Crippen MR) is 85.4 cm³/mol. The Kier molecular flexibility index (Phi) is 4.43. The summed E-state index contributed by atoms with van der Waals surface area (Å²) in [6, 6.07) is 6.36. The number of benzene rings is 1. The largest absolute Gasteiger partial charge is 0.361 e. The lowest BCUT2D eigenvalue weighted by Gasteiger charge is -2.04. The molecular weight excluding hydrogens is 301 g/mol. The Morgan fingerprint density at radius 3 is 2.86 bits per heavy atom. The van der Waals surface area contributed by atoms with Crippen molar-refractivity contribution in [1.29, 1.82) is 0 Å². The zero-order valence-electron chi connectivity index (χ0n) is 12.2. The molecule has 0 amide bonds. The Morgan fingerprint density at radius 2 is 2.09 bits per heavy atom. The highest BCUT2D eigenvalue weighted by Gasteiger charge is 2.06.